The standard InChI is InChI=1S/C16H13BrN2O2/c17-13-3-7-15(8-4-13)21-11-16(20)19-14-5-1-12(2-6-14)9-10-18/h1-8H,9,11H2,(H,19,20). The van der Waals surface area contributed by atoms with Gasteiger partial charge in [0.1, 0.15) is 5.75 Å². The SMILES string of the molecule is N#CCc1ccc(NC(=O)COc2ccc(Br)cc2)cc1. The van der Waals surface area contributed by atoms with Crippen LogP contribution in [0.1, 0.15) is 5.56 Å². The maximum Gasteiger partial charge on any atom is 0.262 e. The normalized spacial score (nSPS) is 9.71. The molecule has 0 unspecified atom stereocenters. The molecule has 0 atom stereocenters. The number of benzene rings is 2. The van der Waals surface area contributed by atoms with Crippen LogP contribution in [0, 0.1) is 11.3 Å². The fourth-order valence-electron chi connectivity index (χ4n) is 1.67. The van der Waals surface area contributed by atoms with E-state index in [2.05, 4.69) is 27.3 Å². The fraction of sp³-hybridized carbons (Fsp3) is 0.125. The van der Waals surface area contributed by atoms with Crippen LogP contribution < -0.4 is 10.1 Å². The molecule has 0 fully saturated rings. The van der Waals surface area contributed by atoms with Gasteiger partial charge < -0.3 is 10.1 Å². The molecule has 5 heteroatoms. The van der Waals surface area contributed by atoms with Crippen LogP contribution in [0.4, 0.5) is 5.69 Å². The van der Waals surface area contributed by atoms with Gasteiger partial charge in [-0.3, -0.25) is 4.79 Å². The van der Waals surface area contributed by atoms with Crippen LogP contribution in [-0.2, 0) is 11.2 Å². The first-order chi connectivity index (χ1) is 10.2. The second-order valence-corrected chi connectivity index (χ2v) is 5.24. The highest BCUT2D eigenvalue weighted by atomic mass is 79.9. The zero-order chi connectivity index (χ0) is 15.1. The number of hydrogen-bond acceptors (Lipinski definition) is 3. The lowest BCUT2D eigenvalue weighted by Gasteiger charge is -2.08. The van der Waals surface area contributed by atoms with Crippen molar-refractivity contribution in [3.05, 3.63) is 58.6 Å². The van der Waals surface area contributed by atoms with Crippen molar-refractivity contribution in [1.29, 1.82) is 5.26 Å². The predicted molar refractivity (Wildman–Crippen MR) is 84.0 cm³/mol. The highest BCUT2D eigenvalue weighted by Crippen LogP contribution is 2.16. The van der Waals surface area contributed by atoms with E-state index in [0.29, 0.717) is 17.9 Å². The zero-order valence-corrected chi connectivity index (χ0v) is 12.8. The summed E-state index contributed by atoms with van der Waals surface area (Å²) in [5.41, 5.74) is 1.60. The minimum atomic E-state index is -0.231. The fourth-order valence-corrected chi connectivity index (χ4v) is 1.94. The van der Waals surface area contributed by atoms with E-state index >= 15 is 0 Å². The van der Waals surface area contributed by atoms with Gasteiger partial charge in [0.15, 0.2) is 6.61 Å². The summed E-state index contributed by atoms with van der Waals surface area (Å²) in [7, 11) is 0. The average Bonchev–Trinajstić information content (AvgIpc) is 2.49. The average molecular weight is 345 g/mol. The Morgan fingerprint density at radius 3 is 2.43 bits per heavy atom. The first-order valence-corrected chi connectivity index (χ1v) is 7.11. The van der Waals surface area contributed by atoms with E-state index in [0.717, 1.165) is 10.0 Å². The minimum Gasteiger partial charge on any atom is -0.484 e. The molecule has 0 saturated heterocycles. The number of nitrogens with zero attached hydrogens (tertiary/aromatic N) is 1. The lowest BCUT2D eigenvalue weighted by atomic mass is 10.1. The second kappa shape index (κ2) is 7.46. The van der Waals surface area contributed by atoms with Gasteiger partial charge in [0.05, 0.1) is 12.5 Å². The molecular formula is C16H13BrN2O2. The Hall–Kier alpha value is -2.32. The maximum absolute atomic E-state index is 11.8. The van der Waals surface area contributed by atoms with Crippen molar-refractivity contribution in [1.82, 2.24) is 0 Å². The first-order valence-electron chi connectivity index (χ1n) is 6.31. The van der Waals surface area contributed by atoms with E-state index in [9.17, 15) is 4.79 Å². The summed E-state index contributed by atoms with van der Waals surface area (Å²) in [5.74, 6) is 0.406. The van der Waals surface area contributed by atoms with Crippen LogP contribution in [0.2, 0.25) is 0 Å². The Balaban J connectivity index is 1.84. The number of nitrogens with one attached hydrogen (secondary N) is 1. The third-order valence-corrected chi connectivity index (χ3v) is 3.23. The van der Waals surface area contributed by atoms with E-state index in [1.807, 2.05) is 24.3 Å². The van der Waals surface area contributed by atoms with Crippen LogP contribution in [0.5, 0.6) is 5.75 Å². The summed E-state index contributed by atoms with van der Waals surface area (Å²) in [6.07, 6.45) is 0.362. The highest BCUT2D eigenvalue weighted by molar-refractivity contribution is 9.10. The molecule has 0 saturated carbocycles. The Morgan fingerprint density at radius 1 is 1.14 bits per heavy atom. The number of ether oxygens (including phenoxy) is 1. The molecule has 2 aromatic rings. The number of halogens is 1. The van der Waals surface area contributed by atoms with Crippen molar-refractivity contribution in [2.75, 3.05) is 11.9 Å². The van der Waals surface area contributed by atoms with Gasteiger partial charge in [-0.1, -0.05) is 28.1 Å². The molecule has 0 radical (unpaired) electrons. The number of carbonyl (C=O) groups excluding carboxylic acids is 1. The molecule has 0 aliphatic heterocycles. The van der Waals surface area contributed by atoms with Crippen molar-refractivity contribution < 1.29 is 9.53 Å². The quantitative estimate of drug-likeness (QED) is 0.902. The lowest BCUT2D eigenvalue weighted by Crippen LogP contribution is -2.20. The molecule has 0 aliphatic rings. The lowest BCUT2D eigenvalue weighted by molar-refractivity contribution is -0.118. The zero-order valence-electron chi connectivity index (χ0n) is 11.2. The first kappa shape index (κ1) is 15.1. The largest absolute Gasteiger partial charge is 0.484 e. The molecule has 4 nitrogen and oxygen atoms in total. The molecule has 0 bridgehead atoms. The molecule has 2 rings (SSSR count). The molecule has 106 valence electrons. The third kappa shape index (κ3) is 4.93. The summed E-state index contributed by atoms with van der Waals surface area (Å²) >= 11 is 3.33. The topological polar surface area (TPSA) is 62.1 Å². The number of nitriles is 1. The molecule has 0 heterocycles. The number of rotatable bonds is 5. The van der Waals surface area contributed by atoms with E-state index in [4.69, 9.17) is 10.00 Å². The van der Waals surface area contributed by atoms with Crippen molar-refractivity contribution in [2.45, 2.75) is 6.42 Å². The summed E-state index contributed by atoms with van der Waals surface area (Å²) in [6, 6.07) is 16.5. The van der Waals surface area contributed by atoms with Gasteiger partial charge >= 0.3 is 0 Å². The number of anilines is 1. The maximum atomic E-state index is 11.8. The van der Waals surface area contributed by atoms with Gasteiger partial charge in [-0.05, 0) is 42.0 Å². The van der Waals surface area contributed by atoms with E-state index in [1.54, 1.807) is 24.3 Å². The van der Waals surface area contributed by atoms with Crippen LogP contribution in [0.25, 0.3) is 0 Å². The summed E-state index contributed by atoms with van der Waals surface area (Å²) < 4.78 is 6.34. The Labute approximate surface area is 131 Å². The summed E-state index contributed by atoms with van der Waals surface area (Å²) in [5, 5.41) is 11.3. The third-order valence-electron chi connectivity index (χ3n) is 2.70. The minimum absolute atomic E-state index is 0.0540. The van der Waals surface area contributed by atoms with Gasteiger partial charge in [0, 0.05) is 10.2 Å². The van der Waals surface area contributed by atoms with Crippen LogP contribution in [0.15, 0.2) is 53.0 Å². The Morgan fingerprint density at radius 2 is 1.81 bits per heavy atom. The molecular weight excluding hydrogens is 332 g/mol. The van der Waals surface area contributed by atoms with E-state index < -0.39 is 0 Å². The molecule has 0 spiro atoms. The molecule has 21 heavy (non-hydrogen) atoms. The molecule has 0 aliphatic carbocycles. The molecule has 0 aromatic heterocycles. The van der Waals surface area contributed by atoms with Crippen LogP contribution in [0.3, 0.4) is 0 Å². The van der Waals surface area contributed by atoms with Crippen molar-refractivity contribution in [3.63, 3.8) is 0 Å². The number of amides is 1. The molecule has 1 amide bonds. The molecule has 1 N–H and O–H groups in total. The van der Waals surface area contributed by atoms with Gasteiger partial charge in [0.25, 0.3) is 5.91 Å². The highest BCUT2D eigenvalue weighted by Gasteiger charge is 2.04. The Bertz CT molecular complexity index is 645. The number of carbonyl (C=O) groups is 1. The monoisotopic (exact) mass is 344 g/mol. The smallest absolute Gasteiger partial charge is 0.262 e. The molecule has 2 aromatic carbocycles. The Kier molecular flexibility index (Phi) is 5.35. The number of hydrogen-bond donors (Lipinski definition) is 1. The van der Waals surface area contributed by atoms with Crippen molar-refractivity contribution >= 4 is 27.5 Å². The van der Waals surface area contributed by atoms with Crippen molar-refractivity contribution in [3.8, 4) is 11.8 Å². The second-order valence-electron chi connectivity index (χ2n) is 4.32. The van der Waals surface area contributed by atoms with E-state index in [-0.39, 0.29) is 12.5 Å². The predicted octanol–water partition coefficient (Wildman–Crippen LogP) is 3.53. The summed E-state index contributed by atoms with van der Waals surface area (Å²) in [6.45, 7) is -0.0540. The van der Waals surface area contributed by atoms with Gasteiger partial charge in [0.2, 0.25) is 0 Å². The van der Waals surface area contributed by atoms with Gasteiger partial charge in [-0.15, -0.1) is 0 Å². The van der Waals surface area contributed by atoms with Gasteiger partial charge in [-0.2, -0.15) is 5.26 Å². The van der Waals surface area contributed by atoms with E-state index in [1.165, 1.54) is 0 Å². The van der Waals surface area contributed by atoms with Crippen LogP contribution >= 0.6 is 15.9 Å². The van der Waals surface area contributed by atoms with Crippen molar-refractivity contribution in [2.24, 2.45) is 0 Å². The van der Waals surface area contributed by atoms with Gasteiger partial charge in [-0.25, -0.2) is 0 Å². The van der Waals surface area contributed by atoms with Crippen LogP contribution in [-0.4, -0.2) is 12.5 Å². The summed E-state index contributed by atoms with van der Waals surface area (Å²) in [4.78, 5) is 11.8.